The molecular weight excluding hydrogens is 402 g/mol. The normalized spacial score (nSPS) is 14.7. The van der Waals surface area contributed by atoms with Crippen molar-refractivity contribution in [2.45, 2.75) is 32.7 Å². The first kappa shape index (κ1) is 20.5. The molecule has 0 unspecified atom stereocenters. The molecule has 4 heterocycles. The summed E-state index contributed by atoms with van der Waals surface area (Å²) in [6, 6.07) is 7.07. The second kappa shape index (κ2) is 9.36. The van der Waals surface area contributed by atoms with Crippen molar-refractivity contribution in [2.24, 2.45) is 0 Å². The smallest absolute Gasteiger partial charge is 0.268 e. The summed E-state index contributed by atoms with van der Waals surface area (Å²) in [7, 11) is 0. The van der Waals surface area contributed by atoms with Crippen molar-refractivity contribution in [3.8, 4) is 21.9 Å². The summed E-state index contributed by atoms with van der Waals surface area (Å²) in [5.74, 6) is 0.264. The molecule has 0 bridgehead atoms. The van der Waals surface area contributed by atoms with Gasteiger partial charge in [0.15, 0.2) is 5.76 Å². The van der Waals surface area contributed by atoms with Gasteiger partial charge in [0.05, 0.1) is 16.1 Å². The standard InChI is InChI=1S/C21H25N5O3S/c1-15-12-17(29-24-15)16-13-20(28)26(23-21(16)18-6-5-11-30-18)14-19(27)22-7-10-25-8-3-2-4-9-25/h5-6,11-13H,2-4,7-10,14H2,1H3,(H,22,27). The molecule has 0 spiro atoms. The fourth-order valence-electron chi connectivity index (χ4n) is 3.61. The van der Waals surface area contributed by atoms with Crippen LogP contribution < -0.4 is 10.9 Å². The van der Waals surface area contributed by atoms with Gasteiger partial charge >= 0.3 is 0 Å². The van der Waals surface area contributed by atoms with Crippen LogP contribution in [0, 0.1) is 6.92 Å². The predicted molar refractivity (Wildman–Crippen MR) is 115 cm³/mol. The molecule has 1 aliphatic heterocycles. The van der Waals surface area contributed by atoms with Crippen molar-refractivity contribution in [2.75, 3.05) is 26.2 Å². The van der Waals surface area contributed by atoms with Crippen LogP contribution in [0.2, 0.25) is 0 Å². The van der Waals surface area contributed by atoms with Crippen LogP contribution in [0.1, 0.15) is 25.0 Å². The summed E-state index contributed by atoms with van der Waals surface area (Å²) in [4.78, 5) is 28.3. The largest absolute Gasteiger partial charge is 0.356 e. The van der Waals surface area contributed by atoms with Crippen LogP contribution in [0.15, 0.2) is 39.0 Å². The van der Waals surface area contributed by atoms with E-state index in [9.17, 15) is 9.59 Å². The van der Waals surface area contributed by atoms with Crippen LogP contribution in [0.25, 0.3) is 21.9 Å². The molecule has 4 rings (SSSR count). The lowest BCUT2D eigenvalue weighted by atomic mass is 10.1. The second-order valence-electron chi connectivity index (χ2n) is 7.46. The fraction of sp³-hybridized carbons (Fsp3) is 0.429. The SMILES string of the molecule is Cc1cc(-c2cc(=O)n(CC(=O)NCCN3CCCCC3)nc2-c2cccs2)on1. The minimum atomic E-state index is -0.356. The highest BCUT2D eigenvalue weighted by Gasteiger charge is 2.18. The highest BCUT2D eigenvalue weighted by atomic mass is 32.1. The van der Waals surface area contributed by atoms with Crippen LogP contribution >= 0.6 is 11.3 Å². The number of piperidine rings is 1. The zero-order valence-corrected chi connectivity index (χ0v) is 17.8. The van der Waals surface area contributed by atoms with Gasteiger partial charge in [-0.2, -0.15) is 5.10 Å². The first-order chi connectivity index (χ1) is 14.6. The third-order valence-corrected chi connectivity index (χ3v) is 6.01. The van der Waals surface area contributed by atoms with E-state index in [-0.39, 0.29) is 18.0 Å². The number of hydrogen-bond donors (Lipinski definition) is 1. The Balaban J connectivity index is 1.50. The maximum Gasteiger partial charge on any atom is 0.268 e. The summed E-state index contributed by atoms with van der Waals surface area (Å²) in [6.45, 7) is 5.28. The quantitative estimate of drug-likeness (QED) is 0.623. The number of thiophene rings is 1. The molecule has 1 fully saturated rings. The lowest BCUT2D eigenvalue weighted by molar-refractivity contribution is -0.121. The molecule has 30 heavy (non-hydrogen) atoms. The van der Waals surface area contributed by atoms with E-state index in [0.29, 0.717) is 23.6 Å². The predicted octanol–water partition coefficient (Wildman–Crippen LogP) is 2.54. The van der Waals surface area contributed by atoms with Crippen LogP contribution in [0.4, 0.5) is 0 Å². The Morgan fingerprint density at radius 2 is 2.10 bits per heavy atom. The number of hydrogen-bond acceptors (Lipinski definition) is 7. The third-order valence-electron chi connectivity index (χ3n) is 5.14. The molecule has 9 heteroatoms. The van der Waals surface area contributed by atoms with Crippen LogP contribution in [-0.2, 0) is 11.3 Å². The van der Waals surface area contributed by atoms with Crippen LogP contribution in [0.3, 0.4) is 0 Å². The Morgan fingerprint density at radius 3 is 2.80 bits per heavy atom. The molecule has 0 aromatic carbocycles. The van der Waals surface area contributed by atoms with E-state index in [1.807, 2.05) is 24.4 Å². The Labute approximate surface area is 178 Å². The Hall–Kier alpha value is -2.78. The lowest BCUT2D eigenvalue weighted by Crippen LogP contribution is -2.40. The summed E-state index contributed by atoms with van der Waals surface area (Å²) in [6.07, 6.45) is 3.72. The molecule has 3 aromatic rings. The van der Waals surface area contributed by atoms with Gasteiger partial charge in [0.25, 0.3) is 5.56 Å². The molecular formula is C21H25N5O3S. The molecule has 3 aromatic heterocycles. The van der Waals surface area contributed by atoms with Gasteiger partial charge < -0.3 is 14.7 Å². The third kappa shape index (κ3) is 4.85. The lowest BCUT2D eigenvalue weighted by Gasteiger charge is -2.26. The van der Waals surface area contributed by atoms with Crippen molar-refractivity contribution in [3.63, 3.8) is 0 Å². The van der Waals surface area contributed by atoms with Gasteiger partial charge in [-0.1, -0.05) is 17.6 Å². The van der Waals surface area contributed by atoms with Gasteiger partial charge in [-0.3, -0.25) is 9.59 Å². The topological polar surface area (TPSA) is 93.3 Å². The number of rotatable bonds is 7. The molecule has 0 aliphatic carbocycles. The van der Waals surface area contributed by atoms with Crippen molar-refractivity contribution in [1.82, 2.24) is 25.2 Å². The molecule has 1 aliphatic rings. The zero-order chi connectivity index (χ0) is 20.9. The molecule has 1 saturated heterocycles. The highest BCUT2D eigenvalue weighted by Crippen LogP contribution is 2.32. The first-order valence-electron chi connectivity index (χ1n) is 10.2. The number of nitrogens with one attached hydrogen (secondary N) is 1. The van der Waals surface area contributed by atoms with E-state index in [4.69, 9.17) is 4.52 Å². The van der Waals surface area contributed by atoms with Gasteiger partial charge in [0.2, 0.25) is 5.91 Å². The summed E-state index contributed by atoms with van der Waals surface area (Å²) >= 11 is 1.51. The van der Waals surface area contributed by atoms with Crippen molar-refractivity contribution in [1.29, 1.82) is 0 Å². The average molecular weight is 428 g/mol. The Kier molecular flexibility index (Phi) is 6.39. The number of likely N-dealkylation sites (tertiary alicyclic amines) is 1. The molecule has 0 atom stereocenters. The molecule has 1 N–H and O–H groups in total. The number of amides is 1. The molecule has 0 saturated carbocycles. The summed E-state index contributed by atoms with van der Waals surface area (Å²) in [5.41, 5.74) is 1.54. The minimum absolute atomic E-state index is 0.118. The molecule has 158 valence electrons. The van der Waals surface area contributed by atoms with Gasteiger partial charge in [0, 0.05) is 25.2 Å². The first-order valence-corrected chi connectivity index (χ1v) is 11.1. The van der Waals surface area contributed by atoms with E-state index in [0.717, 1.165) is 30.2 Å². The highest BCUT2D eigenvalue weighted by molar-refractivity contribution is 7.13. The number of carbonyl (C=O) groups is 1. The minimum Gasteiger partial charge on any atom is -0.356 e. The van der Waals surface area contributed by atoms with Gasteiger partial charge in [-0.15, -0.1) is 11.3 Å². The summed E-state index contributed by atoms with van der Waals surface area (Å²) in [5, 5.41) is 13.2. The van der Waals surface area contributed by atoms with Gasteiger partial charge in [-0.25, -0.2) is 4.68 Å². The number of aryl methyl sites for hydroxylation is 1. The second-order valence-corrected chi connectivity index (χ2v) is 8.41. The van der Waals surface area contributed by atoms with E-state index in [2.05, 4.69) is 20.5 Å². The van der Waals surface area contributed by atoms with E-state index >= 15 is 0 Å². The number of carbonyl (C=O) groups excluding carboxylic acids is 1. The van der Waals surface area contributed by atoms with Crippen molar-refractivity contribution >= 4 is 17.2 Å². The number of aromatic nitrogens is 3. The Morgan fingerprint density at radius 1 is 1.27 bits per heavy atom. The molecule has 8 nitrogen and oxygen atoms in total. The van der Waals surface area contributed by atoms with Crippen molar-refractivity contribution in [3.05, 3.63) is 45.7 Å². The van der Waals surface area contributed by atoms with E-state index in [1.165, 1.54) is 41.3 Å². The average Bonchev–Trinajstić information content (AvgIpc) is 3.42. The molecule has 1 amide bonds. The van der Waals surface area contributed by atoms with E-state index < -0.39 is 0 Å². The van der Waals surface area contributed by atoms with Gasteiger partial charge in [-0.05, 0) is 44.3 Å². The van der Waals surface area contributed by atoms with E-state index in [1.54, 1.807) is 6.07 Å². The van der Waals surface area contributed by atoms with Crippen LogP contribution in [0.5, 0.6) is 0 Å². The van der Waals surface area contributed by atoms with Crippen LogP contribution in [-0.4, -0.2) is 51.9 Å². The zero-order valence-electron chi connectivity index (χ0n) is 17.0. The number of nitrogens with zero attached hydrogens (tertiary/aromatic N) is 4. The van der Waals surface area contributed by atoms with Crippen molar-refractivity contribution < 1.29 is 9.32 Å². The molecule has 0 radical (unpaired) electrons. The maximum absolute atomic E-state index is 12.7. The maximum atomic E-state index is 12.7. The Bertz CT molecular complexity index is 1050. The van der Waals surface area contributed by atoms with Gasteiger partial charge in [0.1, 0.15) is 12.2 Å². The fourth-order valence-corrected chi connectivity index (χ4v) is 4.33. The monoisotopic (exact) mass is 427 g/mol. The summed E-state index contributed by atoms with van der Waals surface area (Å²) < 4.78 is 6.56.